The van der Waals surface area contributed by atoms with Gasteiger partial charge in [-0.05, 0) is 6.92 Å². The van der Waals surface area contributed by atoms with Crippen LogP contribution in [-0.4, -0.2) is 12.5 Å². The second kappa shape index (κ2) is 2.97. The van der Waals surface area contributed by atoms with Crippen molar-refractivity contribution in [3.8, 4) is 0 Å². The zero-order valence-electron chi connectivity index (χ0n) is 5.07. The molecule has 0 bridgehead atoms. The van der Waals surface area contributed by atoms with Gasteiger partial charge in [-0.2, -0.15) is 0 Å². The van der Waals surface area contributed by atoms with Crippen molar-refractivity contribution >= 4 is 0 Å². The van der Waals surface area contributed by atoms with Gasteiger partial charge in [-0.15, -0.1) is 0 Å². The summed E-state index contributed by atoms with van der Waals surface area (Å²) in [4.78, 5) is 0. The Labute approximate surface area is 47.9 Å². The molecule has 0 heterocycles. The molecule has 2 unspecified atom stereocenters. The van der Waals surface area contributed by atoms with E-state index in [0.717, 1.165) is 0 Å². The highest BCUT2D eigenvalue weighted by atomic mass is 19.3. The van der Waals surface area contributed by atoms with Gasteiger partial charge in [0.2, 0.25) is 6.43 Å². The van der Waals surface area contributed by atoms with Crippen molar-refractivity contribution in [3.05, 3.63) is 0 Å². The Morgan fingerprint density at radius 1 is 1.25 bits per heavy atom. The van der Waals surface area contributed by atoms with Crippen LogP contribution < -0.4 is 5.73 Å². The predicted molar refractivity (Wildman–Crippen MR) is 28.8 cm³/mol. The standard InChI is InChI=1S/C5H11F2N/c1-3(4(2)8)5(6)7/h3-5H,8H2,1-2H3. The predicted octanol–water partition coefficient (Wildman–Crippen LogP) is 1.23. The van der Waals surface area contributed by atoms with Crippen LogP contribution in [0.3, 0.4) is 0 Å². The van der Waals surface area contributed by atoms with Crippen LogP contribution in [0.2, 0.25) is 0 Å². The minimum Gasteiger partial charge on any atom is -0.328 e. The lowest BCUT2D eigenvalue weighted by Crippen LogP contribution is -2.29. The molecular formula is C5H11F2N. The average molecular weight is 123 g/mol. The minimum absolute atomic E-state index is 0.407. The van der Waals surface area contributed by atoms with Crippen LogP contribution in [-0.2, 0) is 0 Å². The maximum Gasteiger partial charge on any atom is 0.242 e. The van der Waals surface area contributed by atoms with Crippen LogP contribution in [0, 0.1) is 5.92 Å². The van der Waals surface area contributed by atoms with Gasteiger partial charge in [0.05, 0.1) is 0 Å². The summed E-state index contributed by atoms with van der Waals surface area (Å²) in [6.45, 7) is 3.02. The summed E-state index contributed by atoms with van der Waals surface area (Å²) < 4.78 is 23.2. The van der Waals surface area contributed by atoms with Gasteiger partial charge in [-0.25, -0.2) is 8.78 Å². The van der Waals surface area contributed by atoms with Gasteiger partial charge in [0.1, 0.15) is 0 Å². The summed E-state index contributed by atoms with van der Waals surface area (Å²) in [6.07, 6.45) is -2.28. The van der Waals surface area contributed by atoms with Gasteiger partial charge in [0.15, 0.2) is 0 Å². The first-order valence-electron chi connectivity index (χ1n) is 2.59. The van der Waals surface area contributed by atoms with E-state index in [4.69, 9.17) is 5.73 Å². The fraction of sp³-hybridized carbons (Fsp3) is 1.00. The molecule has 2 N–H and O–H groups in total. The monoisotopic (exact) mass is 123 g/mol. The van der Waals surface area contributed by atoms with Gasteiger partial charge < -0.3 is 5.73 Å². The first-order chi connectivity index (χ1) is 3.55. The minimum atomic E-state index is -2.28. The normalized spacial score (nSPS) is 18.8. The second-order valence-corrected chi connectivity index (χ2v) is 2.05. The Kier molecular flexibility index (Phi) is 2.90. The molecule has 8 heavy (non-hydrogen) atoms. The fourth-order valence-corrected chi connectivity index (χ4v) is 0.229. The molecule has 0 aromatic rings. The largest absolute Gasteiger partial charge is 0.328 e. The number of hydrogen-bond donors (Lipinski definition) is 1. The summed E-state index contributed by atoms with van der Waals surface area (Å²) in [5.41, 5.74) is 5.16. The van der Waals surface area contributed by atoms with Gasteiger partial charge in [0, 0.05) is 12.0 Å². The lowest BCUT2D eigenvalue weighted by atomic mass is 10.1. The molecule has 1 nitrogen and oxygen atoms in total. The summed E-state index contributed by atoms with van der Waals surface area (Å²) in [7, 11) is 0. The Hall–Kier alpha value is -0.180. The molecule has 0 spiro atoms. The maximum atomic E-state index is 11.6. The van der Waals surface area contributed by atoms with Crippen molar-refractivity contribution in [1.82, 2.24) is 0 Å². The zero-order chi connectivity index (χ0) is 6.73. The van der Waals surface area contributed by atoms with Crippen LogP contribution >= 0.6 is 0 Å². The quantitative estimate of drug-likeness (QED) is 0.587. The van der Waals surface area contributed by atoms with E-state index in [-0.39, 0.29) is 0 Å². The number of nitrogens with two attached hydrogens (primary N) is 1. The zero-order valence-corrected chi connectivity index (χ0v) is 5.07. The average Bonchev–Trinajstić information content (AvgIpc) is 1.64. The highest BCUT2D eigenvalue weighted by molar-refractivity contribution is 4.64. The van der Waals surface area contributed by atoms with Gasteiger partial charge in [-0.3, -0.25) is 0 Å². The number of hydrogen-bond acceptors (Lipinski definition) is 1. The van der Waals surface area contributed by atoms with Gasteiger partial charge in [0.25, 0.3) is 0 Å². The molecule has 0 rings (SSSR count). The van der Waals surface area contributed by atoms with Crippen molar-refractivity contribution in [2.45, 2.75) is 26.3 Å². The summed E-state index contributed by atoms with van der Waals surface area (Å²) in [5.74, 6) is -0.685. The van der Waals surface area contributed by atoms with E-state index in [2.05, 4.69) is 0 Å². The molecule has 0 aromatic carbocycles. The maximum absolute atomic E-state index is 11.6. The highest BCUT2D eigenvalue weighted by Crippen LogP contribution is 2.10. The van der Waals surface area contributed by atoms with E-state index < -0.39 is 18.4 Å². The topological polar surface area (TPSA) is 26.0 Å². The van der Waals surface area contributed by atoms with Crippen molar-refractivity contribution in [1.29, 1.82) is 0 Å². The lowest BCUT2D eigenvalue weighted by Gasteiger charge is -2.12. The third kappa shape index (κ3) is 2.21. The molecule has 0 amide bonds. The van der Waals surface area contributed by atoms with Crippen LogP contribution in [0.1, 0.15) is 13.8 Å². The highest BCUT2D eigenvalue weighted by Gasteiger charge is 2.17. The Morgan fingerprint density at radius 3 is 1.62 bits per heavy atom. The summed E-state index contributed by atoms with van der Waals surface area (Å²) in [5, 5.41) is 0. The van der Waals surface area contributed by atoms with Gasteiger partial charge >= 0.3 is 0 Å². The number of halogens is 2. The molecule has 50 valence electrons. The summed E-state index contributed by atoms with van der Waals surface area (Å²) >= 11 is 0. The second-order valence-electron chi connectivity index (χ2n) is 2.05. The van der Waals surface area contributed by atoms with Crippen molar-refractivity contribution in [2.75, 3.05) is 0 Å². The van der Waals surface area contributed by atoms with Crippen LogP contribution in [0.4, 0.5) is 8.78 Å². The molecular weight excluding hydrogens is 112 g/mol. The Bertz CT molecular complexity index is 55.4. The molecule has 0 aliphatic rings. The number of alkyl halides is 2. The Balaban J connectivity index is 3.46. The molecule has 0 saturated heterocycles. The Morgan fingerprint density at radius 2 is 1.62 bits per heavy atom. The van der Waals surface area contributed by atoms with E-state index in [1.807, 2.05) is 0 Å². The van der Waals surface area contributed by atoms with Gasteiger partial charge in [-0.1, -0.05) is 6.92 Å². The van der Waals surface area contributed by atoms with E-state index in [9.17, 15) is 8.78 Å². The van der Waals surface area contributed by atoms with Crippen molar-refractivity contribution in [2.24, 2.45) is 11.7 Å². The SMILES string of the molecule is CC(N)C(C)C(F)F. The van der Waals surface area contributed by atoms with Crippen LogP contribution in [0.5, 0.6) is 0 Å². The third-order valence-corrected chi connectivity index (χ3v) is 1.23. The van der Waals surface area contributed by atoms with Crippen molar-refractivity contribution < 1.29 is 8.78 Å². The smallest absolute Gasteiger partial charge is 0.242 e. The molecule has 2 atom stereocenters. The molecule has 0 aromatic heterocycles. The first kappa shape index (κ1) is 7.82. The molecule has 0 aliphatic heterocycles. The molecule has 0 fully saturated rings. The van der Waals surface area contributed by atoms with Crippen LogP contribution in [0.25, 0.3) is 0 Å². The summed E-state index contributed by atoms with van der Waals surface area (Å²) in [6, 6.07) is -0.407. The fourth-order valence-electron chi connectivity index (χ4n) is 0.229. The van der Waals surface area contributed by atoms with E-state index >= 15 is 0 Å². The number of rotatable bonds is 2. The lowest BCUT2D eigenvalue weighted by molar-refractivity contribution is 0.0759. The third-order valence-electron chi connectivity index (χ3n) is 1.23. The molecule has 0 saturated carbocycles. The van der Waals surface area contributed by atoms with Crippen LogP contribution in [0.15, 0.2) is 0 Å². The molecule has 0 aliphatic carbocycles. The van der Waals surface area contributed by atoms with E-state index in [1.54, 1.807) is 6.92 Å². The van der Waals surface area contributed by atoms with E-state index in [0.29, 0.717) is 0 Å². The molecule has 0 radical (unpaired) electrons. The van der Waals surface area contributed by atoms with E-state index in [1.165, 1.54) is 6.92 Å². The van der Waals surface area contributed by atoms with Crippen molar-refractivity contribution in [3.63, 3.8) is 0 Å². The first-order valence-corrected chi connectivity index (χ1v) is 2.59. The molecule has 3 heteroatoms.